The lowest BCUT2D eigenvalue weighted by Gasteiger charge is -2.35. The molecule has 5 nitrogen and oxygen atoms in total. The van der Waals surface area contributed by atoms with Crippen LogP contribution in [0.5, 0.6) is 0 Å². The molecule has 108 valence electrons. The molecule has 2 fully saturated rings. The number of amides is 2. The largest absolute Gasteiger partial charge is 0.340 e. The molecule has 0 saturated carbocycles. The second-order valence-corrected chi connectivity index (χ2v) is 6.70. The number of hydrogen-bond acceptors (Lipinski definition) is 3. The minimum absolute atomic E-state index is 0.111. The van der Waals surface area contributed by atoms with E-state index in [1.165, 1.54) is 0 Å². The summed E-state index contributed by atoms with van der Waals surface area (Å²) in [4.78, 5) is 30.5. The number of carbonyl (C=O) groups is 2. The summed E-state index contributed by atoms with van der Waals surface area (Å²) in [5, 5.41) is 0. The van der Waals surface area contributed by atoms with Crippen molar-refractivity contribution in [3.05, 3.63) is 0 Å². The molecule has 1 atom stereocenters. The SMILES string of the molecule is CN1CCN(C(=O)[C@@H]2CC(=O)N(C(C)(C)C)C2)CC1. The normalized spacial score (nSPS) is 26.1. The van der Waals surface area contributed by atoms with E-state index in [0.29, 0.717) is 13.0 Å². The average Bonchev–Trinajstić information content (AvgIpc) is 2.71. The van der Waals surface area contributed by atoms with Crippen molar-refractivity contribution in [2.24, 2.45) is 5.92 Å². The van der Waals surface area contributed by atoms with Gasteiger partial charge in [-0.1, -0.05) is 0 Å². The lowest BCUT2D eigenvalue weighted by Crippen LogP contribution is -2.49. The smallest absolute Gasteiger partial charge is 0.228 e. The Kier molecular flexibility index (Phi) is 3.85. The maximum Gasteiger partial charge on any atom is 0.228 e. The topological polar surface area (TPSA) is 43.9 Å². The molecule has 2 rings (SSSR count). The van der Waals surface area contributed by atoms with E-state index in [4.69, 9.17) is 0 Å². The van der Waals surface area contributed by atoms with Crippen LogP contribution in [0.1, 0.15) is 27.2 Å². The van der Waals surface area contributed by atoms with E-state index in [1.54, 1.807) is 0 Å². The Labute approximate surface area is 115 Å². The molecule has 19 heavy (non-hydrogen) atoms. The first kappa shape index (κ1) is 14.3. The highest BCUT2D eigenvalue weighted by Gasteiger charge is 2.41. The average molecular weight is 267 g/mol. The second-order valence-electron chi connectivity index (χ2n) is 6.70. The molecule has 0 aliphatic carbocycles. The van der Waals surface area contributed by atoms with Gasteiger partial charge in [0.15, 0.2) is 0 Å². The van der Waals surface area contributed by atoms with Gasteiger partial charge in [-0.2, -0.15) is 0 Å². The van der Waals surface area contributed by atoms with Gasteiger partial charge in [-0.05, 0) is 27.8 Å². The zero-order chi connectivity index (χ0) is 14.2. The second kappa shape index (κ2) is 5.12. The molecule has 2 aliphatic rings. The number of carbonyl (C=O) groups excluding carboxylic acids is 2. The number of likely N-dealkylation sites (tertiary alicyclic amines) is 1. The molecule has 2 aliphatic heterocycles. The molecule has 0 aromatic rings. The molecule has 2 amide bonds. The highest BCUT2D eigenvalue weighted by atomic mass is 16.2. The summed E-state index contributed by atoms with van der Waals surface area (Å²) in [6.45, 7) is 10.1. The van der Waals surface area contributed by atoms with E-state index < -0.39 is 0 Å². The van der Waals surface area contributed by atoms with E-state index in [2.05, 4.69) is 11.9 Å². The van der Waals surface area contributed by atoms with Gasteiger partial charge >= 0.3 is 0 Å². The highest BCUT2D eigenvalue weighted by molar-refractivity contribution is 5.89. The third-order valence-corrected chi connectivity index (χ3v) is 4.10. The quantitative estimate of drug-likeness (QED) is 0.691. The van der Waals surface area contributed by atoms with Gasteiger partial charge in [0.05, 0.1) is 5.92 Å². The van der Waals surface area contributed by atoms with Crippen molar-refractivity contribution in [1.82, 2.24) is 14.7 Å². The van der Waals surface area contributed by atoms with Gasteiger partial charge in [-0.25, -0.2) is 0 Å². The fourth-order valence-electron chi connectivity index (χ4n) is 2.81. The van der Waals surface area contributed by atoms with E-state index in [-0.39, 0.29) is 23.3 Å². The first-order valence-corrected chi connectivity index (χ1v) is 7.07. The van der Waals surface area contributed by atoms with E-state index in [1.807, 2.05) is 30.6 Å². The van der Waals surface area contributed by atoms with Crippen LogP contribution in [-0.2, 0) is 9.59 Å². The van der Waals surface area contributed by atoms with Gasteiger partial charge in [0, 0.05) is 44.7 Å². The lowest BCUT2D eigenvalue weighted by atomic mass is 10.1. The molecule has 0 unspecified atom stereocenters. The summed E-state index contributed by atoms with van der Waals surface area (Å²) in [6.07, 6.45) is 0.377. The molecule has 0 aromatic carbocycles. The summed E-state index contributed by atoms with van der Waals surface area (Å²) < 4.78 is 0. The van der Waals surface area contributed by atoms with Crippen LogP contribution >= 0.6 is 0 Å². The zero-order valence-electron chi connectivity index (χ0n) is 12.5. The Hall–Kier alpha value is -1.10. The molecule has 2 heterocycles. The summed E-state index contributed by atoms with van der Waals surface area (Å²) >= 11 is 0. The third kappa shape index (κ3) is 3.08. The Bertz CT molecular complexity index is 367. The van der Waals surface area contributed by atoms with Crippen molar-refractivity contribution < 1.29 is 9.59 Å². The summed E-state index contributed by atoms with van der Waals surface area (Å²) in [5.41, 5.74) is -0.186. The van der Waals surface area contributed by atoms with Crippen LogP contribution in [-0.4, -0.2) is 71.8 Å². The number of hydrogen-bond donors (Lipinski definition) is 0. The molecular weight excluding hydrogens is 242 g/mol. The number of rotatable bonds is 1. The van der Waals surface area contributed by atoms with Crippen molar-refractivity contribution in [1.29, 1.82) is 0 Å². The van der Waals surface area contributed by atoms with E-state index >= 15 is 0 Å². The van der Waals surface area contributed by atoms with Crippen LogP contribution in [0, 0.1) is 5.92 Å². The van der Waals surface area contributed by atoms with Gasteiger partial charge in [0.1, 0.15) is 0 Å². The van der Waals surface area contributed by atoms with Crippen molar-refractivity contribution in [2.45, 2.75) is 32.7 Å². The zero-order valence-corrected chi connectivity index (χ0v) is 12.5. The molecule has 0 spiro atoms. The van der Waals surface area contributed by atoms with Gasteiger partial charge in [0.25, 0.3) is 0 Å². The van der Waals surface area contributed by atoms with Crippen LogP contribution in [0.25, 0.3) is 0 Å². The minimum atomic E-state index is -0.186. The van der Waals surface area contributed by atoms with Gasteiger partial charge in [0.2, 0.25) is 11.8 Å². The predicted molar refractivity (Wildman–Crippen MR) is 73.7 cm³/mol. The Morgan fingerprint density at radius 2 is 1.74 bits per heavy atom. The maximum atomic E-state index is 12.5. The van der Waals surface area contributed by atoms with Crippen LogP contribution in [0.3, 0.4) is 0 Å². The van der Waals surface area contributed by atoms with Crippen LogP contribution < -0.4 is 0 Å². The highest BCUT2D eigenvalue weighted by Crippen LogP contribution is 2.27. The first-order chi connectivity index (χ1) is 8.79. The minimum Gasteiger partial charge on any atom is -0.340 e. The molecule has 0 N–H and O–H groups in total. The standard InChI is InChI=1S/C14H25N3O2/c1-14(2,3)17-10-11(9-12(17)18)13(19)16-7-5-15(4)6-8-16/h11H,5-10H2,1-4H3/t11-/m1/s1. The van der Waals surface area contributed by atoms with E-state index in [9.17, 15) is 9.59 Å². The number of piperazine rings is 1. The van der Waals surface area contributed by atoms with Crippen LogP contribution in [0.4, 0.5) is 0 Å². The molecule has 5 heteroatoms. The fraction of sp³-hybridized carbons (Fsp3) is 0.857. The summed E-state index contributed by atoms with van der Waals surface area (Å²) in [6, 6.07) is 0. The Morgan fingerprint density at radius 3 is 2.21 bits per heavy atom. The summed E-state index contributed by atoms with van der Waals surface area (Å²) in [5.74, 6) is 0.128. The number of nitrogens with zero attached hydrogens (tertiary/aromatic N) is 3. The molecule has 0 bridgehead atoms. The fourth-order valence-corrected chi connectivity index (χ4v) is 2.81. The first-order valence-electron chi connectivity index (χ1n) is 7.07. The predicted octanol–water partition coefficient (Wildman–Crippen LogP) is 0.407. The van der Waals surface area contributed by atoms with Crippen molar-refractivity contribution >= 4 is 11.8 Å². The monoisotopic (exact) mass is 267 g/mol. The molecular formula is C14H25N3O2. The Morgan fingerprint density at radius 1 is 1.16 bits per heavy atom. The van der Waals surface area contributed by atoms with Gasteiger partial charge < -0.3 is 14.7 Å². The third-order valence-electron chi connectivity index (χ3n) is 4.10. The van der Waals surface area contributed by atoms with Crippen LogP contribution in [0.15, 0.2) is 0 Å². The lowest BCUT2D eigenvalue weighted by molar-refractivity contribution is -0.137. The van der Waals surface area contributed by atoms with Crippen LogP contribution in [0.2, 0.25) is 0 Å². The Balaban J connectivity index is 1.96. The van der Waals surface area contributed by atoms with E-state index in [0.717, 1.165) is 26.2 Å². The summed E-state index contributed by atoms with van der Waals surface area (Å²) in [7, 11) is 2.07. The number of likely N-dealkylation sites (N-methyl/N-ethyl adjacent to an activating group) is 1. The molecule has 2 saturated heterocycles. The maximum absolute atomic E-state index is 12.5. The molecule has 0 aromatic heterocycles. The van der Waals surface area contributed by atoms with Crippen molar-refractivity contribution in [3.63, 3.8) is 0 Å². The van der Waals surface area contributed by atoms with Crippen molar-refractivity contribution in [3.8, 4) is 0 Å². The molecule has 0 radical (unpaired) electrons. The van der Waals surface area contributed by atoms with Crippen molar-refractivity contribution in [2.75, 3.05) is 39.8 Å². The van der Waals surface area contributed by atoms with Gasteiger partial charge in [-0.3, -0.25) is 9.59 Å². The van der Waals surface area contributed by atoms with Gasteiger partial charge in [-0.15, -0.1) is 0 Å².